The lowest BCUT2D eigenvalue weighted by Gasteiger charge is -2.12. The Bertz CT molecular complexity index is 495. The van der Waals surface area contributed by atoms with Gasteiger partial charge in [-0.2, -0.15) is 0 Å². The van der Waals surface area contributed by atoms with Gasteiger partial charge in [0.25, 0.3) is 0 Å². The lowest BCUT2D eigenvalue weighted by atomic mass is 9.97. The van der Waals surface area contributed by atoms with Crippen LogP contribution in [0.4, 0.5) is 0 Å². The molecule has 96 valence electrons. The minimum atomic E-state index is 0.203. The summed E-state index contributed by atoms with van der Waals surface area (Å²) in [5.41, 5.74) is 2.32. The molecule has 1 aromatic carbocycles. The smallest absolute Gasteiger partial charge is 0.0931 e. The fourth-order valence-electron chi connectivity index (χ4n) is 1.90. The zero-order chi connectivity index (χ0) is 13.0. The summed E-state index contributed by atoms with van der Waals surface area (Å²) in [4.78, 5) is 4.45. The van der Waals surface area contributed by atoms with Crippen molar-refractivity contribution in [1.29, 1.82) is 0 Å². The van der Waals surface area contributed by atoms with Gasteiger partial charge in [-0.25, -0.2) is 4.98 Å². The molecule has 0 aliphatic heterocycles. The molecular formula is C14H16BrNOS. The first-order chi connectivity index (χ1) is 8.67. The summed E-state index contributed by atoms with van der Waals surface area (Å²) < 4.78 is 1.09. The van der Waals surface area contributed by atoms with Gasteiger partial charge in [0.2, 0.25) is 0 Å². The molecule has 0 aliphatic rings. The van der Waals surface area contributed by atoms with Crippen molar-refractivity contribution in [2.45, 2.75) is 19.8 Å². The molecule has 2 rings (SSSR count). The van der Waals surface area contributed by atoms with Crippen LogP contribution in [0.15, 0.2) is 34.1 Å². The number of hydrogen-bond donors (Lipinski definition) is 1. The predicted octanol–water partition coefficient (Wildman–Crippen LogP) is 3.61. The maximum Gasteiger partial charge on any atom is 0.0931 e. The summed E-state index contributed by atoms with van der Waals surface area (Å²) in [6.07, 6.45) is 1.74. The second-order valence-corrected chi connectivity index (χ2v) is 6.32. The summed E-state index contributed by atoms with van der Waals surface area (Å²) in [6, 6.07) is 8.27. The Morgan fingerprint density at radius 1 is 1.28 bits per heavy atom. The molecule has 1 aromatic heterocycles. The van der Waals surface area contributed by atoms with E-state index in [9.17, 15) is 5.11 Å². The van der Waals surface area contributed by atoms with Crippen molar-refractivity contribution in [2.24, 2.45) is 5.92 Å². The summed E-state index contributed by atoms with van der Waals surface area (Å²) >= 11 is 5.10. The van der Waals surface area contributed by atoms with Crippen LogP contribution in [0.3, 0.4) is 0 Å². The molecular weight excluding hydrogens is 310 g/mol. The van der Waals surface area contributed by atoms with E-state index in [2.05, 4.69) is 38.4 Å². The zero-order valence-corrected chi connectivity index (χ0v) is 12.7. The first-order valence-corrected chi connectivity index (χ1v) is 7.61. The lowest BCUT2D eigenvalue weighted by Crippen LogP contribution is -2.12. The number of aliphatic hydroxyl groups is 1. The fraction of sp³-hybridized carbons (Fsp3) is 0.357. The van der Waals surface area contributed by atoms with E-state index < -0.39 is 0 Å². The largest absolute Gasteiger partial charge is 0.396 e. The molecule has 1 atom stereocenters. The van der Waals surface area contributed by atoms with Gasteiger partial charge >= 0.3 is 0 Å². The van der Waals surface area contributed by atoms with Gasteiger partial charge in [-0.3, -0.25) is 0 Å². The molecule has 1 heterocycles. The summed E-state index contributed by atoms with van der Waals surface area (Å²) in [5.74, 6) is 0.247. The number of benzene rings is 1. The van der Waals surface area contributed by atoms with E-state index in [0.29, 0.717) is 0 Å². The van der Waals surface area contributed by atoms with Gasteiger partial charge in [0, 0.05) is 28.6 Å². The third-order valence-electron chi connectivity index (χ3n) is 2.83. The molecule has 0 bridgehead atoms. The van der Waals surface area contributed by atoms with E-state index in [1.807, 2.05) is 19.1 Å². The Labute approximate surface area is 120 Å². The number of nitrogens with zero attached hydrogens (tertiary/aromatic N) is 1. The maximum absolute atomic E-state index is 9.48. The van der Waals surface area contributed by atoms with Crippen LogP contribution in [-0.4, -0.2) is 16.7 Å². The number of thiazole rings is 1. The minimum Gasteiger partial charge on any atom is -0.396 e. The molecule has 1 N–H and O–H groups in total. The first kappa shape index (κ1) is 13.7. The van der Waals surface area contributed by atoms with Gasteiger partial charge in [0.15, 0.2) is 0 Å². The van der Waals surface area contributed by atoms with Gasteiger partial charge < -0.3 is 5.11 Å². The molecule has 0 fully saturated rings. The van der Waals surface area contributed by atoms with Crippen LogP contribution in [0, 0.1) is 12.8 Å². The van der Waals surface area contributed by atoms with E-state index in [1.54, 1.807) is 11.3 Å². The van der Waals surface area contributed by atoms with Gasteiger partial charge in [-0.05, 0) is 37.0 Å². The Balaban J connectivity index is 1.99. The van der Waals surface area contributed by atoms with Crippen molar-refractivity contribution in [1.82, 2.24) is 4.98 Å². The average molecular weight is 326 g/mol. The van der Waals surface area contributed by atoms with Crippen LogP contribution >= 0.6 is 27.3 Å². The molecule has 2 nitrogen and oxygen atoms in total. The number of aryl methyl sites for hydroxylation is 1. The highest BCUT2D eigenvalue weighted by Crippen LogP contribution is 2.19. The minimum absolute atomic E-state index is 0.203. The zero-order valence-electron chi connectivity index (χ0n) is 10.3. The number of hydrogen-bond acceptors (Lipinski definition) is 3. The highest BCUT2D eigenvalue weighted by Gasteiger charge is 2.12. The number of aromatic nitrogens is 1. The third-order valence-corrected chi connectivity index (χ3v) is 4.34. The quantitative estimate of drug-likeness (QED) is 0.910. The van der Waals surface area contributed by atoms with Crippen molar-refractivity contribution in [3.05, 3.63) is 50.4 Å². The second kappa shape index (κ2) is 6.45. The van der Waals surface area contributed by atoms with Crippen LogP contribution in [-0.2, 0) is 12.8 Å². The van der Waals surface area contributed by atoms with Gasteiger partial charge in [0.05, 0.1) is 5.01 Å². The molecule has 0 saturated heterocycles. The van der Waals surface area contributed by atoms with Crippen LogP contribution in [0.1, 0.15) is 16.3 Å². The van der Waals surface area contributed by atoms with E-state index in [1.165, 1.54) is 5.56 Å². The standard InChI is InChI=1S/C14H16BrNOS/c1-10-9-18-14(16-10)7-12(8-17)6-11-2-4-13(15)5-3-11/h2-5,9,12,17H,6-8H2,1H3. The number of rotatable bonds is 5. The van der Waals surface area contributed by atoms with Crippen molar-refractivity contribution < 1.29 is 5.11 Å². The predicted molar refractivity (Wildman–Crippen MR) is 79.0 cm³/mol. The van der Waals surface area contributed by atoms with E-state index in [4.69, 9.17) is 0 Å². The number of halogens is 1. The van der Waals surface area contributed by atoms with Gasteiger partial charge in [0.1, 0.15) is 0 Å². The van der Waals surface area contributed by atoms with Crippen LogP contribution in [0.25, 0.3) is 0 Å². The van der Waals surface area contributed by atoms with Gasteiger partial charge in [-0.15, -0.1) is 11.3 Å². The summed E-state index contributed by atoms with van der Waals surface area (Å²) in [7, 11) is 0. The Kier molecular flexibility index (Phi) is 4.92. The molecule has 1 unspecified atom stereocenters. The molecule has 0 radical (unpaired) electrons. The van der Waals surface area contributed by atoms with Crippen molar-refractivity contribution in [3.8, 4) is 0 Å². The fourth-order valence-corrected chi connectivity index (χ4v) is 3.05. The van der Waals surface area contributed by atoms with Crippen molar-refractivity contribution in [3.63, 3.8) is 0 Å². The SMILES string of the molecule is Cc1csc(CC(CO)Cc2ccc(Br)cc2)n1. The molecule has 18 heavy (non-hydrogen) atoms. The number of aliphatic hydroxyl groups excluding tert-OH is 1. The van der Waals surface area contributed by atoms with Gasteiger partial charge in [-0.1, -0.05) is 28.1 Å². The summed E-state index contributed by atoms with van der Waals surface area (Å²) in [6.45, 7) is 2.21. The molecule has 0 amide bonds. The molecule has 4 heteroatoms. The van der Waals surface area contributed by atoms with Crippen LogP contribution in [0.5, 0.6) is 0 Å². The maximum atomic E-state index is 9.48. The monoisotopic (exact) mass is 325 g/mol. The second-order valence-electron chi connectivity index (χ2n) is 4.47. The normalized spacial score (nSPS) is 12.6. The highest BCUT2D eigenvalue weighted by atomic mass is 79.9. The molecule has 0 saturated carbocycles. The Morgan fingerprint density at radius 3 is 2.56 bits per heavy atom. The third kappa shape index (κ3) is 3.90. The average Bonchev–Trinajstić information content (AvgIpc) is 2.77. The van der Waals surface area contributed by atoms with Crippen molar-refractivity contribution >= 4 is 27.3 Å². The Morgan fingerprint density at radius 2 is 2.00 bits per heavy atom. The topological polar surface area (TPSA) is 33.1 Å². The molecule has 0 aliphatic carbocycles. The molecule has 0 spiro atoms. The lowest BCUT2D eigenvalue weighted by molar-refractivity contribution is 0.225. The van der Waals surface area contributed by atoms with Crippen LogP contribution < -0.4 is 0 Å². The van der Waals surface area contributed by atoms with Crippen molar-refractivity contribution in [2.75, 3.05) is 6.61 Å². The Hall–Kier alpha value is -0.710. The van der Waals surface area contributed by atoms with E-state index in [0.717, 1.165) is 28.0 Å². The first-order valence-electron chi connectivity index (χ1n) is 5.93. The van der Waals surface area contributed by atoms with E-state index in [-0.39, 0.29) is 12.5 Å². The van der Waals surface area contributed by atoms with Crippen LogP contribution in [0.2, 0.25) is 0 Å². The summed E-state index contributed by atoms with van der Waals surface area (Å²) in [5, 5.41) is 12.7. The highest BCUT2D eigenvalue weighted by molar-refractivity contribution is 9.10. The molecule has 2 aromatic rings. The van der Waals surface area contributed by atoms with E-state index >= 15 is 0 Å².